The van der Waals surface area contributed by atoms with Gasteiger partial charge in [-0.2, -0.15) is 0 Å². The van der Waals surface area contributed by atoms with Crippen LogP contribution in [-0.2, 0) is 6.42 Å². The van der Waals surface area contributed by atoms with E-state index in [0.717, 1.165) is 33.3 Å². The third-order valence-corrected chi connectivity index (χ3v) is 4.14. The van der Waals surface area contributed by atoms with E-state index in [1.54, 1.807) is 11.3 Å². The topological polar surface area (TPSA) is 12.9 Å². The number of nitrogens with zero attached hydrogens (tertiary/aromatic N) is 1. The molecule has 0 aliphatic carbocycles. The number of aromatic nitrogens is 1. The van der Waals surface area contributed by atoms with Crippen molar-refractivity contribution in [1.82, 2.24) is 4.98 Å². The largest absolute Gasteiger partial charge is 0.241 e. The summed E-state index contributed by atoms with van der Waals surface area (Å²) in [5.41, 5.74) is 3.31. The summed E-state index contributed by atoms with van der Waals surface area (Å²) in [6.07, 6.45) is 0.789. The molecule has 3 rings (SSSR count). The summed E-state index contributed by atoms with van der Waals surface area (Å²) in [6.45, 7) is 0. The molecule has 0 atom stereocenters. The maximum Gasteiger partial charge on any atom is 0.0977 e. The van der Waals surface area contributed by atoms with Gasteiger partial charge in [-0.15, -0.1) is 11.3 Å². The zero-order chi connectivity index (χ0) is 13.1. The lowest BCUT2D eigenvalue weighted by molar-refractivity contribution is 1.14. The van der Waals surface area contributed by atoms with Gasteiger partial charge >= 0.3 is 0 Å². The Kier molecular flexibility index (Phi) is 3.62. The Morgan fingerprint density at radius 2 is 1.68 bits per heavy atom. The van der Waals surface area contributed by atoms with Crippen LogP contribution in [0.1, 0.15) is 10.6 Å². The molecule has 0 radical (unpaired) electrons. The fourth-order valence-corrected chi connectivity index (χ4v) is 2.97. The molecular weight excluding hydrogens is 274 g/mol. The van der Waals surface area contributed by atoms with Crippen molar-refractivity contribution in [2.24, 2.45) is 0 Å². The van der Waals surface area contributed by atoms with Gasteiger partial charge in [0.2, 0.25) is 0 Å². The van der Waals surface area contributed by atoms with Gasteiger partial charge < -0.3 is 0 Å². The van der Waals surface area contributed by atoms with Crippen molar-refractivity contribution in [2.75, 3.05) is 0 Å². The second-order valence-corrected chi connectivity index (χ2v) is 5.61. The predicted molar refractivity (Wildman–Crippen MR) is 81.8 cm³/mol. The molecule has 0 aliphatic rings. The first-order chi connectivity index (χ1) is 9.33. The highest BCUT2D eigenvalue weighted by molar-refractivity contribution is 7.10. The van der Waals surface area contributed by atoms with E-state index in [2.05, 4.69) is 22.5 Å². The van der Waals surface area contributed by atoms with Gasteiger partial charge in [-0.1, -0.05) is 60.1 Å². The summed E-state index contributed by atoms with van der Waals surface area (Å²) >= 11 is 7.85. The minimum Gasteiger partial charge on any atom is -0.241 e. The highest BCUT2D eigenvalue weighted by atomic mass is 35.5. The molecule has 1 heterocycles. The Morgan fingerprint density at radius 1 is 0.947 bits per heavy atom. The zero-order valence-corrected chi connectivity index (χ0v) is 11.8. The standard InChI is InChI=1S/C16H12ClNS/c17-14-9-5-4-8-13(14)10-16-18-15(11-19-16)12-6-2-1-3-7-12/h1-9,11H,10H2. The molecule has 3 heteroatoms. The lowest BCUT2D eigenvalue weighted by atomic mass is 10.1. The smallest absolute Gasteiger partial charge is 0.0977 e. The molecule has 0 fully saturated rings. The summed E-state index contributed by atoms with van der Waals surface area (Å²) in [5.74, 6) is 0. The Hall–Kier alpha value is -1.64. The maximum atomic E-state index is 6.17. The number of hydrogen-bond donors (Lipinski definition) is 0. The SMILES string of the molecule is Clc1ccccc1Cc1nc(-c2ccccc2)cs1. The normalized spacial score (nSPS) is 10.6. The fraction of sp³-hybridized carbons (Fsp3) is 0.0625. The molecule has 1 aromatic heterocycles. The number of halogens is 1. The summed E-state index contributed by atoms with van der Waals surface area (Å²) < 4.78 is 0. The summed E-state index contributed by atoms with van der Waals surface area (Å²) in [7, 11) is 0. The number of benzene rings is 2. The highest BCUT2D eigenvalue weighted by Gasteiger charge is 2.06. The van der Waals surface area contributed by atoms with E-state index in [0.29, 0.717) is 0 Å². The number of rotatable bonds is 3. The van der Waals surface area contributed by atoms with Crippen LogP contribution in [0.3, 0.4) is 0 Å². The van der Waals surface area contributed by atoms with E-state index in [-0.39, 0.29) is 0 Å². The van der Waals surface area contributed by atoms with Crippen LogP contribution >= 0.6 is 22.9 Å². The van der Waals surface area contributed by atoms with Gasteiger partial charge in [-0.05, 0) is 11.6 Å². The summed E-state index contributed by atoms with van der Waals surface area (Å²) in [5, 5.41) is 3.99. The first kappa shape index (κ1) is 12.4. The quantitative estimate of drug-likeness (QED) is 0.656. The lowest BCUT2D eigenvalue weighted by Gasteiger charge is -2.00. The van der Waals surface area contributed by atoms with Crippen LogP contribution in [-0.4, -0.2) is 4.98 Å². The Labute approximate surface area is 121 Å². The molecule has 0 aliphatic heterocycles. The highest BCUT2D eigenvalue weighted by Crippen LogP contribution is 2.25. The van der Waals surface area contributed by atoms with Crippen molar-refractivity contribution in [3.8, 4) is 11.3 Å². The van der Waals surface area contributed by atoms with Gasteiger partial charge in [-0.3, -0.25) is 0 Å². The van der Waals surface area contributed by atoms with E-state index in [4.69, 9.17) is 11.6 Å². The minimum atomic E-state index is 0.789. The van der Waals surface area contributed by atoms with Crippen LogP contribution in [0.15, 0.2) is 60.0 Å². The van der Waals surface area contributed by atoms with Crippen molar-refractivity contribution >= 4 is 22.9 Å². The zero-order valence-electron chi connectivity index (χ0n) is 10.2. The Morgan fingerprint density at radius 3 is 2.47 bits per heavy atom. The molecule has 0 saturated heterocycles. The second kappa shape index (κ2) is 5.55. The van der Waals surface area contributed by atoms with Crippen LogP contribution in [0, 0.1) is 0 Å². The van der Waals surface area contributed by atoms with E-state index in [1.807, 2.05) is 42.5 Å². The molecule has 2 aromatic carbocycles. The predicted octanol–water partition coefficient (Wildman–Crippen LogP) is 5.05. The number of hydrogen-bond acceptors (Lipinski definition) is 2. The van der Waals surface area contributed by atoms with E-state index in [9.17, 15) is 0 Å². The molecule has 0 spiro atoms. The van der Waals surface area contributed by atoms with E-state index in [1.165, 1.54) is 0 Å². The van der Waals surface area contributed by atoms with E-state index < -0.39 is 0 Å². The van der Waals surface area contributed by atoms with Gasteiger partial charge in [0, 0.05) is 22.4 Å². The molecule has 0 amide bonds. The second-order valence-electron chi connectivity index (χ2n) is 4.26. The molecule has 0 saturated carbocycles. The van der Waals surface area contributed by atoms with Crippen molar-refractivity contribution in [3.63, 3.8) is 0 Å². The van der Waals surface area contributed by atoms with Crippen molar-refractivity contribution < 1.29 is 0 Å². The van der Waals surface area contributed by atoms with Crippen LogP contribution < -0.4 is 0 Å². The fourth-order valence-electron chi connectivity index (χ4n) is 1.94. The lowest BCUT2D eigenvalue weighted by Crippen LogP contribution is -1.88. The third kappa shape index (κ3) is 2.86. The molecule has 3 aromatic rings. The van der Waals surface area contributed by atoms with Crippen molar-refractivity contribution in [3.05, 3.63) is 75.6 Å². The molecule has 0 N–H and O–H groups in total. The van der Waals surface area contributed by atoms with Crippen LogP contribution in [0.2, 0.25) is 5.02 Å². The van der Waals surface area contributed by atoms with Crippen molar-refractivity contribution in [1.29, 1.82) is 0 Å². The maximum absolute atomic E-state index is 6.17. The molecule has 1 nitrogen and oxygen atoms in total. The first-order valence-corrected chi connectivity index (χ1v) is 7.32. The van der Waals surface area contributed by atoms with Gasteiger partial charge in [0.25, 0.3) is 0 Å². The molecule has 0 unspecified atom stereocenters. The molecule has 19 heavy (non-hydrogen) atoms. The molecule has 0 bridgehead atoms. The van der Waals surface area contributed by atoms with Crippen LogP contribution in [0.4, 0.5) is 0 Å². The minimum absolute atomic E-state index is 0.789. The van der Waals surface area contributed by atoms with Gasteiger partial charge in [0.05, 0.1) is 10.7 Å². The summed E-state index contributed by atoms with van der Waals surface area (Å²) in [6, 6.07) is 18.2. The van der Waals surface area contributed by atoms with Crippen LogP contribution in [0.25, 0.3) is 11.3 Å². The summed E-state index contributed by atoms with van der Waals surface area (Å²) in [4.78, 5) is 4.68. The third-order valence-electron chi connectivity index (χ3n) is 2.92. The van der Waals surface area contributed by atoms with Crippen molar-refractivity contribution in [2.45, 2.75) is 6.42 Å². The van der Waals surface area contributed by atoms with Crippen LogP contribution in [0.5, 0.6) is 0 Å². The average Bonchev–Trinajstić information content (AvgIpc) is 2.91. The first-order valence-electron chi connectivity index (χ1n) is 6.06. The van der Waals surface area contributed by atoms with Gasteiger partial charge in [-0.25, -0.2) is 4.98 Å². The van der Waals surface area contributed by atoms with E-state index >= 15 is 0 Å². The van der Waals surface area contributed by atoms with Gasteiger partial charge in [0.15, 0.2) is 0 Å². The Balaban J connectivity index is 1.85. The Bertz CT molecular complexity index is 676. The van der Waals surface area contributed by atoms with Gasteiger partial charge in [0.1, 0.15) is 0 Å². The number of thiazole rings is 1. The monoisotopic (exact) mass is 285 g/mol. The molecular formula is C16H12ClNS. The molecule has 94 valence electrons. The average molecular weight is 286 g/mol.